The van der Waals surface area contributed by atoms with Crippen LogP contribution >= 0.6 is 0 Å². The minimum atomic E-state index is -1.69. The number of allylic oxidation sites excluding steroid dienone is 1. The van der Waals surface area contributed by atoms with Crippen molar-refractivity contribution in [2.45, 2.75) is 31.9 Å². The van der Waals surface area contributed by atoms with E-state index in [2.05, 4.69) is 80.2 Å². The highest BCUT2D eigenvalue weighted by Crippen LogP contribution is 2.20. The van der Waals surface area contributed by atoms with E-state index in [0.717, 1.165) is 6.04 Å². The third-order valence-corrected chi connectivity index (χ3v) is 9.17. The van der Waals surface area contributed by atoms with Crippen LogP contribution in [-0.2, 0) is 0 Å². The summed E-state index contributed by atoms with van der Waals surface area (Å²) in [5.41, 5.74) is 0. The molecule has 0 bridgehead atoms. The molecule has 0 aromatic heterocycles. The molecule has 0 saturated carbocycles. The molecule has 2 aromatic carbocycles. The number of benzene rings is 2. The molecule has 104 valence electrons. The van der Waals surface area contributed by atoms with Gasteiger partial charge in [0.05, 0.1) is 0 Å². The fraction of sp³-hybridized carbons (Fsp3) is 0.263. The molecule has 0 spiro atoms. The average molecular weight is 280 g/mol. The first-order valence-electron chi connectivity index (χ1n) is 7.55. The summed E-state index contributed by atoms with van der Waals surface area (Å²) in [6.07, 6.45) is 4.68. The van der Waals surface area contributed by atoms with E-state index in [9.17, 15) is 0 Å². The number of unbranched alkanes of at least 4 members (excludes halogenated alkanes) is 1. The third kappa shape index (κ3) is 3.10. The minimum Gasteiger partial charge on any atom is -0.103 e. The summed E-state index contributed by atoms with van der Waals surface area (Å²) >= 11 is 0. The zero-order valence-electron chi connectivity index (χ0n) is 12.4. The van der Waals surface area contributed by atoms with Crippen LogP contribution in [0.25, 0.3) is 0 Å². The van der Waals surface area contributed by atoms with Gasteiger partial charge in [0.15, 0.2) is 0 Å². The highest BCUT2D eigenvalue weighted by molar-refractivity contribution is 7.02. The van der Waals surface area contributed by atoms with Crippen LogP contribution in [0.5, 0.6) is 0 Å². The monoisotopic (exact) mass is 280 g/mol. The molecule has 0 aliphatic rings. The Hall–Kier alpha value is -1.60. The topological polar surface area (TPSA) is 0 Å². The summed E-state index contributed by atoms with van der Waals surface area (Å²) in [7, 11) is -1.69. The van der Waals surface area contributed by atoms with Crippen molar-refractivity contribution >= 4 is 18.4 Å². The van der Waals surface area contributed by atoms with Crippen molar-refractivity contribution in [1.82, 2.24) is 0 Å². The van der Waals surface area contributed by atoms with Gasteiger partial charge in [-0.15, -0.1) is 6.58 Å². The molecule has 0 heterocycles. The van der Waals surface area contributed by atoms with Crippen molar-refractivity contribution < 1.29 is 0 Å². The van der Waals surface area contributed by atoms with Crippen LogP contribution in [0, 0.1) is 0 Å². The molecule has 2 rings (SSSR count). The predicted molar refractivity (Wildman–Crippen MR) is 92.6 cm³/mol. The number of hydrogen-bond donors (Lipinski definition) is 0. The zero-order valence-corrected chi connectivity index (χ0v) is 13.4. The van der Waals surface area contributed by atoms with E-state index in [-0.39, 0.29) is 0 Å². The van der Waals surface area contributed by atoms with Crippen LogP contribution < -0.4 is 10.4 Å². The molecule has 0 amide bonds. The highest BCUT2D eigenvalue weighted by atomic mass is 28.3. The molecule has 0 aliphatic carbocycles. The highest BCUT2D eigenvalue weighted by Gasteiger charge is 2.34. The molecule has 0 atom stereocenters. The second-order valence-corrected chi connectivity index (χ2v) is 9.64. The lowest BCUT2D eigenvalue weighted by Gasteiger charge is -2.32. The van der Waals surface area contributed by atoms with Crippen molar-refractivity contribution in [3.05, 3.63) is 73.3 Å². The van der Waals surface area contributed by atoms with E-state index in [0.29, 0.717) is 0 Å². The lowest BCUT2D eigenvalue weighted by molar-refractivity contribution is 0.870. The molecule has 1 heteroatoms. The fourth-order valence-electron chi connectivity index (χ4n) is 3.03. The minimum absolute atomic E-state index is 1.13. The number of rotatable bonds is 7. The van der Waals surface area contributed by atoms with Crippen molar-refractivity contribution in [2.24, 2.45) is 0 Å². The Balaban J connectivity index is 2.53. The second-order valence-electron chi connectivity index (χ2n) is 5.41. The summed E-state index contributed by atoms with van der Waals surface area (Å²) in [4.78, 5) is 0. The predicted octanol–water partition coefficient (Wildman–Crippen LogP) is 4.24. The molecular weight excluding hydrogens is 256 g/mol. The maximum absolute atomic E-state index is 4.04. The van der Waals surface area contributed by atoms with E-state index < -0.39 is 8.07 Å². The van der Waals surface area contributed by atoms with Crippen LogP contribution in [0.3, 0.4) is 0 Å². The van der Waals surface area contributed by atoms with E-state index in [4.69, 9.17) is 0 Å². The standard InChI is InChI=1S/C19H24Si/c1-3-5-17-20(16-4-2,18-12-8-6-9-13-18)19-14-10-7-11-15-19/h4,6-15H,2-3,5,16-17H2,1H3. The van der Waals surface area contributed by atoms with Gasteiger partial charge in [0.1, 0.15) is 8.07 Å². The summed E-state index contributed by atoms with van der Waals surface area (Å²) in [6.45, 7) is 6.32. The van der Waals surface area contributed by atoms with Crippen LogP contribution in [0.1, 0.15) is 19.8 Å². The summed E-state index contributed by atoms with van der Waals surface area (Å²) < 4.78 is 0. The van der Waals surface area contributed by atoms with Crippen molar-refractivity contribution in [3.63, 3.8) is 0 Å². The summed E-state index contributed by atoms with van der Waals surface area (Å²) in [5, 5.41) is 3.08. The Bertz CT molecular complexity index is 476. The SMILES string of the molecule is C=CC[Si](CCCC)(c1ccccc1)c1ccccc1. The summed E-state index contributed by atoms with van der Waals surface area (Å²) in [6, 6.07) is 24.6. The van der Waals surface area contributed by atoms with Crippen LogP contribution in [0.4, 0.5) is 0 Å². The Morgan fingerprint density at radius 1 is 0.900 bits per heavy atom. The van der Waals surface area contributed by atoms with E-state index >= 15 is 0 Å². The Kier molecular flexibility index (Phi) is 5.37. The van der Waals surface area contributed by atoms with E-state index in [1.54, 1.807) is 10.4 Å². The van der Waals surface area contributed by atoms with Crippen LogP contribution in [-0.4, -0.2) is 8.07 Å². The maximum Gasteiger partial charge on any atom is 0.121 e. The molecule has 0 nitrogen and oxygen atoms in total. The van der Waals surface area contributed by atoms with E-state index in [1.165, 1.54) is 18.9 Å². The maximum atomic E-state index is 4.04. The van der Waals surface area contributed by atoms with Gasteiger partial charge < -0.3 is 0 Å². The Labute approximate surface area is 124 Å². The molecule has 2 aromatic rings. The Morgan fingerprint density at radius 2 is 1.40 bits per heavy atom. The van der Waals surface area contributed by atoms with Crippen LogP contribution in [0.2, 0.25) is 12.1 Å². The first kappa shape index (κ1) is 14.8. The largest absolute Gasteiger partial charge is 0.121 e. The van der Waals surface area contributed by atoms with Gasteiger partial charge in [0.2, 0.25) is 0 Å². The first-order chi connectivity index (χ1) is 9.83. The zero-order chi connectivity index (χ0) is 14.3. The third-order valence-electron chi connectivity index (χ3n) is 4.10. The van der Waals surface area contributed by atoms with Crippen molar-refractivity contribution in [1.29, 1.82) is 0 Å². The molecule has 20 heavy (non-hydrogen) atoms. The first-order valence-corrected chi connectivity index (χ1v) is 9.97. The van der Waals surface area contributed by atoms with Gasteiger partial charge in [-0.05, 0) is 12.1 Å². The normalized spacial score (nSPS) is 11.2. The van der Waals surface area contributed by atoms with Gasteiger partial charge in [-0.2, -0.15) is 0 Å². The van der Waals surface area contributed by atoms with Gasteiger partial charge in [-0.25, -0.2) is 0 Å². The lowest BCUT2D eigenvalue weighted by atomic mass is 10.4. The quantitative estimate of drug-likeness (QED) is 0.526. The van der Waals surface area contributed by atoms with Gasteiger partial charge >= 0.3 is 0 Å². The molecule has 0 aliphatic heterocycles. The van der Waals surface area contributed by atoms with Crippen molar-refractivity contribution in [2.75, 3.05) is 0 Å². The molecule has 0 radical (unpaired) electrons. The lowest BCUT2D eigenvalue weighted by Crippen LogP contribution is -2.57. The molecular formula is C19H24Si. The van der Waals surface area contributed by atoms with Crippen LogP contribution in [0.15, 0.2) is 73.3 Å². The summed E-state index contributed by atoms with van der Waals surface area (Å²) in [5.74, 6) is 0. The van der Waals surface area contributed by atoms with E-state index in [1.807, 2.05) is 0 Å². The molecule has 0 unspecified atom stereocenters. The molecule has 0 saturated heterocycles. The van der Waals surface area contributed by atoms with Gasteiger partial charge in [-0.1, -0.05) is 96.9 Å². The van der Waals surface area contributed by atoms with Gasteiger partial charge in [0.25, 0.3) is 0 Å². The molecule has 0 N–H and O–H groups in total. The average Bonchev–Trinajstić information content (AvgIpc) is 2.53. The van der Waals surface area contributed by atoms with Gasteiger partial charge in [0, 0.05) is 0 Å². The van der Waals surface area contributed by atoms with Gasteiger partial charge in [-0.3, -0.25) is 0 Å². The Morgan fingerprint density at radius 3 is 1.80 bits per heavy atom. The second kappa shape index (κ2) is 7.25. The fourth-order valence-corrected chi connectivity index (χ4v) is 7.73. The number of hydrogen-bond acceptors (Lipinski definition) is 0. The molecule has 0 fully saturated rings. The van der Waals surface area contributed by atoms with Crippen molar-refractivity contribution in [3.8, 4) is 0 Å². The smallest absolute Gasteiger partial charge is 0.103 e.